The summed E-state index contributed by atoms with van der Waals surface area (Å²) in [7, 11) is 0. The average Bonchev–Trinajstić information content (AvgIpc) is 2.86. The van der Waals surface area contributed by atoms with Crippen molar-refractivity contribution in [2.45, 2.75) is 79.1 Å². The fourth-order valence-corrected chi connectivity index (χ4v) is 3.76. The molecule has 5 N–H and O–H groups in total. The topological polar surface area (TPSA) is 157 Å². The van der Waals surface area contributed by atoms with Gasteiger partial charge in [0.2, 0.25) is 5.91 Å². The van der Waals surface area contributed by atoms with Gasteiger partial charge in [-0.2, -0.15) is 0 Å². The highest BCUT2D eigenvalue weighted by Crippen LogP contribution is 2.22. The number of hydrogen-bond donors (Lipinski definition) is 4. The number of aliphatic hydroxyl groups excluding tert-OH is 1. The van der Waals surface area contributed by atoms with Gasteiger partial charge < -0.3 is 30.9 Å². The minimum Gasteiger partial charge on any atom is -0.502 e. The largest absolute Gasteiger partial charge is 0.502 e. The van der Waals surface area contributed by atoms with Crippen LogP contribution in [0.1, 0.15) is 60.8 Å². The van der Waals surface area contributed by atoms with Crippen molar-refractivity contribution < 1.29 is 33.8 Å². The van der Waals surface area contributed by atoms with Crippen molar-refractivity contribution in [1.82, 2.24) is 10.6 Å². The van der Waals surface area contributed by atoms with E-state index < -0.39 is 41.4 Å². The molecule has 0 saturated heterocycles. The van der Waals surface area contributed by atoms with Gasteiger partial charge in [0.15, 0.2) is 5.76 Å². The zero-order chi connectivity index (χ0) is 31.2. The van der Waals surface area contributed by atoms with Gasteiger partial charge in [-0.05, 0) is 43.5 Å². The first-order chi connectivity index (χ1) is 19.1. The van der Waals surface area contributed by atoms with E-state index in [-0.39, 0.29) is 24.2 Å². The van der Waals surface area contributed by atoms with E-state index in [2.05, 4.69) is 22.5 Å². The molecule has 10 nitrogen and oxygen atoms in total. The Morgan fingerprint density at radius 2 is 1.98 bits per heavy atom. The molecular formula is C30H40ClN3O7. The van der Waals surface area contributed by atoms with Crippen LogP contribution in [0.5, 0.6) is 0 Å². The van der Waals surface area contributed by atoms with Gasteiger partial charge in [0.05, 0.1) is 0 Å². The maximum absolute atomic E-state index is 12.8. The number of aliphatic hydroxyl groups is 1. The van der Waals surface area contributed by atoms with Crippen LogP contribution in [-0.4, -0.2) is 47.2 Å². The molecule has 0 aromatic rings. The molecule has 0 aliphatic carbocycles. The molecule has 0 fully saturated rings. The summed E-state index contributed by atoms with van der Waals surface area (Å²) < 4.78 is 10.2. The predicted octanol–water partition coefficient (Wildman–Crippen LogP) is 4.43. The molecule has 3 amide bonds. The normalized spacial score (nSPS) is 18.5. The third-order valence-corrected chi connectivity index (χ3v) is 5.98. The highest BCUT2D eigenvalue weighted by Gasteiger charge is 2.32. The number of amides is 3. The molecule has 1 aliphatic heterocycles. The molecule has 0 spiro atoms. The lowest BCUT2D eigenvalue weighted by Gasteiger charge is -2.29. The molecule has 0 unspecified atom stereocenters. The van der Waals surface area contributed by atoms with Crippen LogP contribution in [0.25, 0.3) is 0 Å². The number of carbonyl (C=O) groups excluding carboxylic acids is 4. The molecule has 1 rings (SSSR count). The number of hydrogen-bond acceptors (Lipinski definition) is 7. The maximum atomic E-state index is 12.8. The molecule has 224 valence electrons. The third kappa shape index (κ3) is 14.3. The molecule has 4 atom stereocenters. The van der Waals surface area contributed by atoms with Crippen LogP contribution in [0, 0.1) is 23.2 Å². The number of nitrogens with one attached hydrogen (secondary N) is 2. The van der Waals surface area contributed by atoms with E-state index in [1.807, 2.05) is 40.7 Å². The molecule has 0 saturated carbocycles. The van der Waals surface area contributed by atoms with E-state index in [1.54, 1.807) is 25.2 Å². The first-order valence-electron chi connectivity index (χ1n) is 13.1. The Balaban J connectivity index is 2.73. The second kappa shape index (κ2) is 17.0. The molecule has 0 aromatic heterocycles. The Morgan fingerprint density at radius 1 is 1.29 bits per heavy atom. The van der Waals surface area contributed by atoms with Gasteiger partial charge in [-0.1, -0.05) is 75.1 Å². The Morgan fingerprint density at radius 3 is 2.56 bits per heavy atom. The summed E-state index contributed by atoms with van der Waals surface area (Å²) in [6, 6.07) is -0.883. The van der Waals surface area contributed by atoms with Crippen molar-refractivity contribution in [2.24, 2.45) is 17.1 Å². The number of rotatable bonds is 11. The van der Waals surface area contributed by atoms with Gasteiger partial charge in [-0.25, -0.2) is 9.59 Å². The van der Waals surface area contributed by atoms with Crippen molar-refractivity contribution in [3.63, 3.8) is 0 Å². The smallest absolute Gasteiger partial charge is 0.404 e. The number of esters is 1. The van der Waals surface area contributed by atoms with Crippen LogP contribution in [0.4, 0.5) is 4.79 Å². The second-order valence-electron chi connectivity index (χ2n) is 10.6. The zero-order valence-electron chi connectivity index (χ0n) is 24.3. The van der Waals surface area contributed by atoms with Crippen molar-refractivity contribution in [1.29, 1.82) is 0 Å². The van der Waals surface area contributed by atoms with Crippen LogP contribution in [0.3, 0.4) is 0 Å². The van der Waals surface area contributed by atoms with Crippen LogP contribution < -0.4 is 16.4 Å². The van der Waals surface area contributed by atoms with Gasteiger partial charge in [-0.15, -0.1) is 0 Å². The van der Waals surface area contributed by atoms with Crippen LogP contribution in [-0.2, 0) is 23.9 Å². The van der Waals surface area contributed by atoms with E-state index in [9.17, 15) is 24.3 Å². The number of halogens is 1. The standard InChI is InChI=1S/C30H40ClN3O7/c1-19(18-20(2)24-16-15-23(35)28(38)41-24)10-7-8-12-25(36)34-26(30(4,5)6)27(37)33-17-9-11-22(40-29(32)39)14-13-21(3)31/h7,9-10,13,15,17-18,20,22,24,26,35H,11,14,16H2,1-6H3,(H2,32,39)(H,33,37)(H,34,36)/b10-7-,17-9-,19-18+,21-13+/t20-,22+,24-,26+/m0/s1. The van der Waals surface area contributed by atoms with E-state index in [4.69, 9.17) is 26.8 Å². The third-order valence-electron chi connectivity index (χ3n) is 5.83. The summed E-state index contributed by atoms with van der Waals surface area (Å²) >= 11 is 5.83. The summed E-state index contributed by atoms with van der Waals surface area (Å²) in [5.41, 5.74) is 5.34. The number of carbonyl (C=O) groups is 4. The number of ether oxygens (including phenoxy) is 2. The Bertz CT molecular complexity index is 1180. The molecule has 0 aromatic carbocycles. The lowest BCUT2D eigenvalue weighted by Crippen LogP contribution is -2.52. The number of nitrogens with two attached hydrogens (primary N) is 1. The predicted molar refractivity (Wildman–Crippen MR) is 157 cm³/mol. The van der Waals surface area contributed by atoms with Crippen LogP contribution in [0.2, 0.25) is 0 Å². The summed E-state index contributed by atoms with van der Waals surface area (Å²) in [6.45, 7) is 10.9. The number of cyclic esters (lactones) is 1. The van der Waals surface area contributed by atoms with Crippen molar-refractivity contribution in [3.05, 3.63) is 59.0 Å². The highest BCUT2D eigenvalue weighted by molar-refractivity contribution is 6.29. The molecule has 0 radical (unpaired) electrons. The van der Waals surface area contributed by atoms with E-state index in [0.29, 0.717) is 17.9 Å². The summed E-state index contributed by atoms with van der Waals surface area (Å²) in [5.74, 6) is 2.83. The van der Waals surface area contributed by atoms with Gasteiger partial charge in [-0.3, -0.25) is 9.59 Å². The Labute approximate surface area is 246 Å². The van der Waals surface area contributed by atoms with Crippen LogP contribution in [0.15, 0.2) is 59.0 Å². The maximum Gasteiger partial charge on any atom is 0.404 e. The minimum atomic E-state index is -0.911. The molecule has 11 heteroatoms. The number of allylic oxidation sites excluding steroid dienone is 4. The second-order valence-corrected chi connectivity index (χ2v) is 11.2. The molecule has 0 bridgehead atoms. The van der Waals surface area contributed by atoms with E-state index in [1.165, 1.54) is 18.4 Å². The molecule has 1 heterocycles. The lowest BCUT2D eigenvalue weighted by atomic mass is 9.86. The number of primary amides is 1. The van der Waals surface area contributed by atoms with Crippen molar-refractivity contribution in [3.8, 4) is 11.8 Å². The molecule has 41 heavy (non-hydrogen) atoms. The van der Waals surface area contributed by atoms with Gasteiger partial charge in [0.1, 0.15) is 18.2 Å². The van der Waals surface area contributed by atoms with Crippen molar-refractivity contribution in [2.75, 3.05) is 0 Å². The molecular weight excluding hydrogens is 550 g/mol. The van der Waals surface area contributed by atoms with Gasteiger partial charge >= 0.3 is 12.1 Å². The monoisotopic (exact) mass is 589 g/mol. The van der Waals surface area contributed by atoms with E-state index >= 15 is 0 Å². The summed E-state index contributed by atoms with van der Waals surface area (Å²) in [6.07, 6.45) is 10.5. The quantitative estimate of drug-likeness (QED) is 0.158. The highest BCUT2D eigenvalue weighted by atomic mass is 35.5. The molecule has 1 aliphatic rings. The summed E-state index contributed by atoms with van der Waals surface area (Å²) in [5, 5.41) is 15.2. The van der Waals surface area contributed by atoms with Crippen molar-refractivity contribution >= 4 is 35.5 Å². The zero-order valence-corrected chi connectivity index (χ0v) is 25.1. The average molecular weight is 590 g/mol. The first kappa shape index (κ1) is 35.1. The summed E-state index contributed by atoms with van der Waals surface area (Å²) in [4.78, 5) is 47.9. The fourth-order valence-electron chi connectivity index (χ4n) is 3.67. The van der Waals surface area contributed by atoms with Gasteiger partial charge in [0.25, 0.3) is 5.91 Å². The SMILES string of the molecule is C/C(Cl)=C\C[C@@H](C/C=C\NC(=O)[C@@H](NC(=O)C#C/C=C\C(C)=C\[C@H](C)[C@@H]1CC=C(O)C(=O)O1)C(C)(C)C)OC(N)=O. The van der Waals surface area contributed by atoms with Crippen LogP contribution >= 0.6 is 11.6 Å². The van der Waals surface area contributed by atoms with Gasteiger partial charge in [0, 0.05) is 30.2 Å². The first-order valence-corrected chi connectivity index (χ1v) is 13.5. The Kier molecular flexibility index (Phi) is 14.5. The Hall–Kier alpha value is -3.97. The van der Waals surface area contributed by atoms with E-state index in [0.717, 1.165) is 5.57 Å². The fraction of sp³-hybridized carbons (Fsp3) is 0.467. The lowest BCUT2D eigenvalue weighted by molar-refractivity contribution is -0.150. The minimum absolute atomic E-state index is 0.0995.